The third-order valence-electron chi connectivity index (χ3n) is 7.51. The lowest BCUT2D eigenvalue weighted by Gasteiger charge is -2.20. The number of methoxy groups -OCH3 is 2. The van der Waals surface area contributed by atoms with Gasteiger partial charge in [0.1, 0.15) is 6.61 Å². The first-order chi connectivity index (χ1) is 20.6. The van der Waals surface area contributed by atoms with E-state index in [2.05, 4.69) is 71.5 Å². The van der Waals surface area contributed by atoms with Crippen LogP contribution in [0.25, 0.3) is 10.9 Å². The highest BCUT2D eigenvalue weighted by molar-refractivity contribution is 5.87. The van der Waals surface area contributed by atoms with Gasteiger partial charge in [-0.2, -0.15) is 0 Å². The molecule has 4 aromatic carbocycles. The average molecular weight is 563 g/mol. The monoisotopic (exact) mass is 562 g/mol. The summed E-state index contributed by atoms with van der Waals surface area (Å²) < 4.78 is 19.3. The van der Waals surface area contributed by atoms with E-state index in [0.29, 0.717) is 31.3 Å². The van der Waals surface area contributed by atoms with Crippen LogP contribution in [0.3, 0.4) is 0 Å². The number of fused-ring (bicyclic) bond motifs is 1. The Hall–Kier alpha value is -4.55. The van der Waals surface area contributed by atoms with E-state index in [1.807, 2.05) is 48.5 Å². The minimum Gasteiger partial charge on any atom is -0.493 e. The van der Waals surface area contributed by atoms with Gasteiger partial charge in [-0.1, -0.05) is 84.4 Å². The molecular weight excluding hydrogens is 524 g/mol. The second kappa shape index (κ2) is 13.9. The zero-order valence-electron chi connectivity index (χ0n) is 24.5. The first-order valence-corrected chi connectivity index (χ1v) is 14.3. The van der Waals surface area contributed by atoms with Gasteiger partial charge >= 0.3 is 0 Å². The molecule has 1 heterocycles. The number of amides is 1. The number of carbonyl (C=O) groups excluding carboxylic acids is 1. The van der Waals surface area contributed by atoms with Crippen molar-refractivity contribution in [3.63, 3.8) is 0 Å². The van der Waals surface area contributed by atoms with Crippen molar-refractivity contribution >= 4 is 16.8 Å². The molecule has 6 nitrogen and oxygen atoms in total. The van der Waals surface area contributed by atoms with Gasteiger partial charge in [-0.15, -0.1) is 0 Å². The van der Waals surface area contributed by atoms with Gasteiger partial charge in [0.25, 0.3) is 0 Å². The molecule has 0 unspecified atom stereocenters. The van der Waals surface area contributed by atoms with Crippen molar-refractivity contribution < 1.29 is 19.0 Å². The maximum absolute atomic E-state index is 13.2. The van der Waals surface area contributed by atoms with E-state index < -0.39 is 0 Å². The van der Waals surface area contributed by atoms with Crippen molar-refractivity contribution in [1.29, 1.82) is 0 Å². The second-order valence-corrected chi connectivity index (χ2v) is 10.5. The lowest BCUT2D eigenvalue weighted by Crippen LogP contribution is -2.28. The molecule has 0 radical (unpaired) electrons. The zero-order chi connectivity index (χ0) is 29.3. The topological polar surface area (TPSA) is 61.7 Å². The highest BCUT2D eigenvalue weighted by Crippen LogP contribution is 2.39. The van der Waals surface area contributed by atoms with Crippen molar-refractivity contribution in [2.24, 2.45) is 0 Å². The Balaban J connectivity index is 1.54. The van der Waals surface area contributed by atoms with Gasteiger partial charge in [0.2, 0.25) is 5.91 Å². The molecule has 6 heteroatoms. The van der Waals surface area contributed by atoms with Crippen LogP contribution in [0.2, 0.25) is 0 Å². The maximum atomic E-state index is 13.2. The average Bonchev–Trinajstić information content (AvgIpc) is 3.38. The zero-order valence-corrected chi connectivity index (χ0v) is 24.5. The van der Waals surface area contributed by atoms with Gasteiger partial charge < -0.3 is 24.1 Å². The van der Waals surface area contributed by atoms with Crippen molar-refractivity contribution in [3.8, 4) is 11.5 Å². The van der Waals surface area contributed by atoms with Crippen LogP contribution in [0, 0.1) is 6.92 Å². The van der Waals surface area contributed by atoms with Crippen molar-refractivity contribution in [2.45, 2.75) is 32.4 Å². The van der Waals surface area contributed by atoms with E-state index in [-0.39, 0.29) is 18.2 Å². The third kappa shape index (κ3) is 7.01. The van der Waals surface area contributed by atoms with Crippen LogP contribution in [-0.2, 0) is 22.7 Å². The highest BCUT2D eigenvalue weighted by atomic mass is 16.5. The van der Waals surface area contributed by atoms with Gasteiger partial charge in [0.05, 0.1) is 13.7 Å². The van der Waals surface area contributed by atoms with Gasteiger partial charge in [0, 0.05) is 49.6 Å². The minimum atomic E-state index is -0.207. The Kier molecular flexibility index (Phi) is 9.57. The van der Waals surface area contributed by atoms with Crippen LogP contribution >= 0.6 is 0 Å². The number of hydrogen-bond acceptors (Lipinski definition) is 4. The summed E-state index contributed by atoms with van der Waals surface area (Å²) in [6.45, 7) is 4.18. The molecule has 0 spiro atoms. The van der Waals surface area contributed by atoms with E-state index in [9.17, 15) is 4.79 Å². The molecule has 1 amide bonds. The number of ether oxygens (including phenoxy) is 3. The van der Waals surface area contributed by atoms with Crippen LogP contribution in [0.4, 0.5) is 0 Å². The lowest BCUT2D eigenvalue weighted by atomic mass is 9.87. The van der Waals surface area contributed by atoms with Crippen LogP contribution in [0.15, 0.2) is 103 Å². The molecule has 0 aliphatic carbocycles. The highest BCUT2D eigenvalue weighted by Gasteiger charge is 2.24. The summed E-state index contributed by atoms with van der Waals surface area (Å²) in [5, 5.41) is 4.14. The van der Waals surface area contributed by atoms with Crippen LogP contribution in [0.5, 0.6) is 11.5 Å². The summed E-state index contributed by atoms with van der Waals surface area (Å²) in [4.78, 5) is 13.2. The number of aromatic nitrogens is 1. The summed E-state index contributed by atoms with van der Waals surface area (Å²) >= 11 is 0. The maximum Gasteiger partial charge on any atom is 0.221 e. The molecule has 216 valence electrons. The van der Waals surface area contributed by atoms with E-state index in [0.717, 1.165) is 34.1 Å². The van der Waals surface area contributed by atoms with E-state index in [4.69, 9.17) is 14.2 Å². The van der Waals surface area contributed by atoms with Crippen LogP contribution in [0.1, 0.15) is 40.2 Å². The molecule has 1 aromatic heterocycles. The van der Waals surface area contributed by atoms with Crippen LogP contribution in [-0.4, -0.2) is 37.8 Å². The number of aryl methyl sites for hydroxylation is 1. The largest absolute Gasteiger partial charge is 0.493 e. The van der Waals surface area contributed by atoms with Gasteiger partial charge in [-0.3, -0.25) is 4.79 Å². The van der Waals surface area contributed by atoms with Crippen LogP contribution < -0.4 is 14.8 Å². The Morgan fingerprint density at radius 3 is 2.38 bits per heavy atom. The van der Waals surface area contributed by atoms with Gasteiger partial charge in [0.15, 0.2) is 11.5 Å². The first-order valence-electron chi connectivity index (χ1n) is 14.3. The Morgan fingerprint density at radius 1 is 0.857 bits per heavy atom. The smallest absolute Gasteiger partial charge is 0.221 e. The predicted octanol–water partition coefficient (Wildman–Crippen LogP) is 6.87. The number of benzene rings is 4. The normalized spacial score (nSPS) is 11.8. The number of hydrogen-bond donors (Lipinski definition) is 1. The molecule has 0 saturated carbocycles. The lowest BCUT2D eigenvalue weighted by molar-refractivity contribution is -0.121. The molecule has 5 aromatic rings. The molecule has 1 atom stereocenters. The van der Waals surface area contributed by atoms with E-state index in [1.54, 1.807) is 14.2 Å². The summed E-state index contributed by atoms with van der Waals surface area (Å²) in [6.07, 6.45) is 2.49. The molecule has 0 fully saturated rings. The summed E-state index contributed by atoms with van der Waals surface area (Å²) in [5.74, 6) is 1.06. The minimum absolute atomic E-state index is 0.0324. The number of para-hydroxylation sites is 1. The fraction of sp³-hybridized carbons (Fsp3) is 0.250. The third-order valence-corrected chi connectivity index (χ3v) is 7.51. The number of nitrogens with zero attached hydrogens (tertiary/aromatic N) is 1. The molecule has 42 heavy (non-hydrogen) atoms. The van der Waals surface area contributed by atoms with Crippen molar-refractivity contribution in [2.75, 3.05) is 27.4 Å². The summed E-state index contributed by atoms with van der Waals surface area (Å²) in [6, 6.07) is 33.1. The number of carbonyl (C=O) groups is 1. The molecule has 0 saturated heterocycles. The second-order valence-electron chi connectivity index (χ2n) is 10.5. The Labute approximate surface area is 247 Å². The fourth-order valence-electron chi connectivity index (χ4n) is 5.29. The van der Waals surface area contributed by atoms with Crippen molar-refractivity contribution in [1.82, 2.24) is 9.88 Å². The van der Waals surface area contributed by atoms with Gasteiger partial charge in [-0.25, -0.2) is 0 Å². The SMILES string of the molecule is COCCNC(=O)C[C@@H](c1ccc(OC)c(OCc2ccccc2)c1)c1cn(Cc2ccc(C)cc2)c2ccccc12. The first kappa shape index (κ1) is 29.0. The molecule has 0 aliphatic rings. The molecule has 1 N–H and O–H groups in total. The molecule has 5 rings (SSSR count). The number of rotatable bonds is 13. The van der Waals surface area contributed by atoms with E-state index in [1.165, 1.54) is 11.1 Å². The molecule has 0 aliphatic heterocycles. The Bertz CT molecular complexity index is 1610. The summed E-state index contributed by atoms with van der Waals surface area (Å²) in [5.41, 5.74) is 6.74. The Morgan fingerprint density at radius 2 is 1.62 bits per heavy atom. The molecule has 0 bridgehead atoms. The predicted molar refractivity (Wildman–Crippen MR) is 167 cm³/mol. The summed E-state index contributed by atoms with van der Waals surface area (Å²) in [7, 11) is 3.27. The standard InChI is InChI=1S/C36H38N2O4/c1-26-13-15-27(16-14-26)23-38-24-32(30-11-7-8-12-33(30)38)31(22-36(39)37-19-20-40-2)29-17-18-34(41-3)35(21-29)42-25-28-9-5-4-6-10-28/h4-18,21,24,31H,19-20,22-23,25H2,1-3H3,(H,37,39)/t31-/m0/s1. The molecular formula is C36H38N2O4. The van der Waals surface area contributed by atoms with Crippen molar-refractivity contribution in [3.05, 3.63) is 131 Å². The quantitative estimate of drug-likeness (QED) is 0.159. The fourth-order valence-corrected chi connectivity index (χ4v) is 5.29. The van der Waals surface area contributed by atoms with Gasteiger partial charge in [-0.05, 0) is 47.4 Å². The number of nitrogens with one attached hydrogen (secondary N) is 1. The van der Waals surface area contributed by atoms with E-state index >= 15 is 0 Å².